The van der Waals surface area contributed by atoms with Crippen molar-refractivity contribution in [1.82, 2.24) is 15.5 Å². The molecule has 19 heavy (non-hydrogen) atoms. The second-order valence-electron chi connectivity index (χ2n) is 5.78. The highest BCUT2D eigenvalue weighted by molar-refractivity contribution is 5.74. The molecule has 0 aromatic rings. The van der Waals surface area contributed by atoms with Crippen molar-refractivity contribution in [1.29, 1.82) is 0 Å². The zero-order valence-corrected chi connectivity index (χ0v) is 11.9. The summed E-state index contributed by atoms with van der Waals surface area (Å²) in [5.41, 5.74) is 0. The average molecular weight is 269 g/mol. The first kappa shape index (κ1) is 14.6. The number of aliphatic hydroxyl groups is 1. The lowest BCUT2D eigenvalue weighted by molar-refractivity contribution is 0.183. The predicted molar refractivity (Wildman–Crippen MR) is 75.1 cm³/mol. The van der Waals surface area contributed by atoms with Crippen LogP contribution in [0.5, 0.6) is 0 Å². The quantitative estimate of drug-likeness (QED) is 0.676. The van der Waals surface area contributed by atoms with Crippen LogP contribution < -0.4 is 10.6 Å². The molecule has 2 amide bonds. The number of amides is 2. The topological polar surface area (TPSA) is 64.6 Å². The molecule has 1 saturated heterocycles. The van der Waals surface area contributed by atoms with Gasteiger partial charge in [-0.05, 0) is 38.5 Å². The minimum atomic E-state index is -0.0785. The van der Waals surface area contributed by atoms with E-state index in [9.17, 15) is 4.79 Å². The van der Waals surface area contributed by atoms with Crippen LogP contribution in [0.2, 0.25) is 0 Å². The minimum absolute atomic E-state index is 0.0785. The van der Waals surface area contributed by atoms with Crippen LogP contribution in [0.3, 0.4) is 0 Å². The van der Waals surface area contributed by atoms with E-state index in [0.717, 1.165) is 38.4 Å². The van der Waals surface area contributed by atoms with Crippen molar-refractivity contribution in [2.24, 2.45) is 0 Å². The molecule has 0 bridgehead atoms. The van der Waals surface area contributed by atoms with Gasteiger partial charge >= 0.3 is 6.03 Å². The number of hydrogen-bond acceptors (Lipinski definition) is 3. The van der Waals surface area contributed by atoms with E-state index in [2.05, 4.69) is 15.5 Å². The zero-order chi connectivity index (χ0) is 13.7. The number of aliphatic hydroxyl groups excluding tert-OH is 1. The van der Waals surface area contributed by atoms with E-state index in [1.807, 2.05) is 6.92 Å². The van der Waals surface area contributed by atoms with Gasteiger partial charge in [0.25, 0.3) is 0 Å². The fourth-order valence-electron chi connectivity index (χ4n) is 2.80. The standard InChI is InChI=1S/C14H27N3O2/c1-2-11(7-10-18)15-14(19)16-12-5-8-17(9-6-12)13-3-4-13/h11-13,18H,2-10H2,1H3,(H2,15,16,19). The molecule has 2 rings (SSSR count). The Hall–Kier alpha value is -0.810. The van der Waals surface area contributed by atoms with E-state index in [4.69, 9.17) is 5.11 Å². The number of nitrogens with zero attached hydrogens (tertiary/aromatic N) is 1. The minimum Gasteiger partial charge on any atom is -0.396 e. The van der Waals surface area contributed by atoms with Crippen LogP contribution in [-0.4, -0.2) is 53.9 Å². The molecule has 0 aromatic heterocycles. The molecule has 1 unspecified atom stereocenters. The van der Waals surface area contributed by atoms with Crippen LogP contribution >= 0.6 is 0 Å². The van der Waals surface area contributed by atoms with Crippen molar-refractivity contribution in [2.75, 3.05) is 19.7 Å². The van der Waals surface area contributed by atoms with Gasteiger partial charge in [0, 0.05) is 37.8 Å². The molecule has 0 aromatic carbocycles. The van der Waals surface area contributed by atoms with Gasteiger partial charge < -0.3 is 20.6 Å². The summed E-state index contributed by atoms with van der Waals surface area (Å²) in [7, 11) is 0. The van der Waals surface area contributed by atoms with Crippen molar-refractivity contribution in [3.8, 4) is 0 Å². The Morgan fingerprint density at radius 3 is 2.53 bits per heavy atom. The van der Waals surface area contributed by atoms with Gasteiger partial charge in [0.05, 0.1) is 0 Å². The van der Waals surface area contributed by atoms with E-state index < -0.39 is 0 Å². The summed E-state index contributed by atoms with van der Waals surface area (Å²) in [6, 6.07) is 1.15. The van der Waals surface area contributed by atoms with Crippen LogP contribution in [0, 0.1) is 0 Å². The first-order valence-corrected chi connectivity index (χ1v) is 7.64. The number of hydrogen-bond donors (Lipinski definition) is 3. The Kier molecular flexibility index (Phi) is 5.45. The Balaban J connectivity index is 1.65. The first-order chi connectivity index (χ1) is 9.22. The molecule has 1 aliphatic carbocycles. The number of nitrogens with one attached hydrogen (secondary N) is 2. The van der Waals surface area contributed by atoms with E-state index in [0.29, 0.717) is 12.5 Å². The number of likely N-dealkylation sites (tertiary alicyclic amines) is 1. The summed E-state index contributed by atoms with van der Waals surface area (Å²) in [6.07, 6.45) is 6.31. The Morgan fingerprint density at radius 2 is 2.00 bits per heavy atom. The van der Waals surface area contributed by atoms with Crippen molar-refractivity contribution in [2.45, 2.75) is 63.6 Å². The van der Waals surface area contributed by atoms with Crippen LogP contribution in [0.4, 0.5) is 4.79 Å². The van der Waals surface area contributed by atoms with Gasteiger partial charge in [-0.1, -0.05) is 6.92 Å². The SMILES string of the molecule is CCC(CCO)NC(=O)NC1CCN(C2CC2)CC1. The molecule has 0 spiro atoms. The molecule has 110 valence electrons. The molecular weight excluding hydrogens is 242 g/mol. The highest BCUT2D eigenvalue weighted by atomic mass is 16.3. The molecule has 0 radical (unpaired) electrons. The lowest BCUT2D eigenvalue weighted by atomic mass is 10.1. The number of carbonyl (C=O) groups is 1. The maximum absolute atomic E-state index is 11.9. The molecule has 3 N–H and O–H groups in total. The molecule has 1 saturated carbocycles. The number of rotatable bonds is 6. The van der Waals surface area contributed by atoms with Crippen molar-refractivity contribution < 1.29 is 9.90 Å². The largest absolute Gasteiger partial charge is 0.396 e. The molecule has 2 aliphatic rings. The molecule has 1 heterocycles. The van der Waals surface area contributed by atoms with E-state index in [-0.39, 0.29) is 18.7 Å². The summed E-state index contributed by atoms with van der Waals surface area (Å²) in [4.78, 5) is 14.4. The average Bonchev–Trinajstić information content (AvgIpc) is 3.23. The number of carbonyl (C=O) groups excluding carboxylic acids is 1. The van der Waals surface area contributed by atoms with E-state index in [1.54, 1.807) is 0 Å². The molecule has 2 fully saturated rings. The van der Waals surface area contributed by atoms with Gasteiger partial charge in [-0.15, -0.1) is 0 Å². The highest BCUT2D eigenvalue weighted by Crippen LogP contribution is 2.29. The second kappa shape index (κ2) is 7.10. The van der Waals surface area contributed by atoms with Gasteiger partial charge in [-0.3, -0.25) is 0 Å². The fourth-order valence-corrected chi connectivity index (χ4v) is 2.80. The normalized spacial score (nSPS) is 23.1. The summed E-state index contributed by atoms with van der Waals surface area (Å²) in [5.74, 6) is 0. The molecular formula is C14H27N3O2. The third kappa shape index (κ3) is 4.66. The number of urea groups is 1. The van der Waals surface area contributed by atoms with Gasteiger partial charge in [-0.25, -0.2) is 4.79 Å². The van der Waals surface area contributed by atoms with Gasteiger partial charge in [0.2, 0.25) is 0 Å². The van der Waals surface area contributed by atoms with Gasteiger partial charge in [0.1, 0.15) is 0 Å². The van der Waals surface area contributed by atoms with Gasteiger partial charge in [-0.2, -0.15) is 0 Å². The van der Waals surface area contributed by atoms with Crippen LogP contribution in [-0.2, 0) is 0 Å². The third-order valence-electron chi connectivity index (χ3n) is 4.23. The van der Waals surface area contributed by atoms with E-state index in [1.165, 1.54) is 12.8 Å². The van der Waals surface area contributed by atoms with Crippen molar-refractivity contribution in [3.05, 3.63) is 0 Å². The molecule has 5 heteroatoms. The number of piperidine rings is 1. The summed E-state index contributed by atoms with van der Waals surface area (Å²) in [6.45, 7) is 4.38. The smallest absolute Gasteiger partial charge is 0.315 e. The Morgan fingerprint density at radius 1 is 1.32 bits per heavy atom. The Bertz CT molecular complexity index is 286. The summed E-state index contributed by atoms with van der Waals surface area (Å²) < 4.78 is 0. The first-order valence-electron chi connectivity index (χ1n) is 7.64. The van der Waals surface area contributed by atoms with Crippen LogP contribution in [0.15, 0.2) is 0 Å². The summed E-state index contributed by atoms with van der Waals surface area (Å²) >= 11 is 0. The molecule has 5 nitrogen and oxygen atoms in total. The lowest BCUT2D eigenvalue weighted by Gasteiger charge is -2.32. The third-order valence-corrected chi connectivity index (χ3v) is 4.23. The second-order valence-corrected chi connectivity index (χ2v) is 5.78. The van der Waals surface area contributed by atoms with Crippen LogP contribution in [0.25, 0.3) is 0 Å². The predicted octanol–water partition coefficient (Wildman–Crippen LogP) is 1.07. The highest BCUT2D eigenvalue weighted by Gasteiger charge is 2.32. The maximum atomic E-state index is 11.9. The molecule has 1 atom stereocenters. The van der Waals surface area contributed by atoms with Crippen LogP contribution in [0.1, 0.15) is 45.4 Å². The zero-order valence-electron chi connectivity index (χ0n) is 11.9. The molecule has 1 aliphatic heterocycles. The Labute approximate surface area is 115 Å². The van der Waals surface area contributed by atoms with Gasteiger partial charge in [0.15, 0.2) is 0 Å². The van der Waals surface area contributed by atoms with Crippen molar-refractivity contribution in [3.63, 3.8) is 0 Å². The van der Waals surface area contributed by atoms with E-state index >= 15 is 0 Å². The summed E-state index contributed by atoms with van der Waals surface area (Å²) in [5, 5.41) is 14.9. The fraction of sp³-hybridized carbons (Fsp3) is 0.929. The lowest BCUT2D eigenvalue weighted by Crippen LogP contribution is -2.50. The van der Waals surface area contributed by atoms with Crippen molar-refractivity contribution >= 4 is 6.03 Å². The maximum Gasteiger partial charge on any atom is 0.315 e. The monoisotopic (exact) mass is 269 g/mol.